The summed E-state index contributed by atoms with van der Waals surface area (Å²) in [4.78, 5) is 0.686. The molecular formula is C19H14F3N2OS2+. The minimum atomic E-state index is -4.45. The molecule has 2 N–H and O–H groups in total. The van der Waals surface area contributed by atoms with Crippen LogP contribution in [0.15, 0.2) is 72.4 Å². The summed E-state index contributed by atoms with van der Waals surface area (Å²) in [6.45, 7) is 0. The van der Waals surface area contributed by atoms with Crippen molar-refractivity contribution in [2.24, 2.45) is 0 Å². The molecule has 0 atom stereocenters. The minimum Gasteiger partial charge on any atom is -0.501 e. The van der Waals surface area contributed by atoms with Gasteiger partial charge in [-0.05, 0) is 29.6 Å². The third-order valence-corrected chi connectivity index (χ3v) is 4.79. The van der Waals surface area contributed by atoms with Crippen LogP contribution >= 0.6 is 23.6 Å². The van der Waals surface area contributed by atoms with Gasteiger partial charge >= 0.3 is 6.18 Å². The van der Waals surface area contributed by atoms with E-state index in [4.69, 9.17) is 12.2 Å². The maximum absolute atomic E-state index is 12.9. The predicted molar refractivity (Wildman–Crippen MR) is 104 cm³/mol. The van der Waals surface area contributed by atoms with E-state index < -0.39 is 11.7 Å². The maximum atomic E-state index is 12.9. The number of aliphatic hydroxyl groups is 1. The molecule has 8 heteroatoms. The molecule has 0 fully saturated rings. The Balaban J connectivity index is 1.99. The molecule has 2 heterocycles. The van der Waals surface area contributed by atoms with Crippen LogP contribution in [0.3, 0.4) is 0 Å². The van der Waals surface area contributed by atoms with Gasteiger partial charge in [0.15, 0.2) is 17.4 Å². The van der Waals surface area contributed by atoms with Crippen LogP contribution in [0, 0.1) is 0 Å². The Morgan fingerprint density at radius 3 is 2.41 bits per heavy atom. The number of thiocarbonyl (C=S) groups is 1. The second kappa shape index (κ2) is 7.89. The number of alkyl halides is 3. The Kier molecular flexibility index (Phi) is 5.57. The van der Waals surface area contributed by atoms with Gasteiger partial charge in [0.2, 0.25) is 5.76 Å². The predicted octanol–water partition coefficient (Wildman–Crippen LogP) is 5.38. The first-order valence-corrected chi connectivity index (χ1v) is 9.07. The number of thiophene rings is 1. The summed E-state index contributed by atoms with van der Waals surface area (Å²) in [6, 6.07) is 13.6. The average molecular weight is 407 g/mol. The number of nitrogens with zero attached hydrogens (tertiary/aromatic N) is 1. The van der Waals surface area contributed by atoms with E-state index in [9.17, 15) is 18.3 Å². The molecule has 0 aliphatic heterocycles. The van der Waals surface area contributed by atoms with Gasteiger partial charge in [0.1, 0.15) is 0 Å². The van der Waals surface area contributed by atoms with Gasteiger partial charge in [-0.3, -0.25) is 0 Å². The Morgan fingerprint density at radius 2 is 1.78 bits per heavy atom. The van der Waals surface area contributed by atoms with Gasteiger partial charge < -0.3 is 10.4 Å². The van der Waals surface area contributed by atoms with Crippen molar-refractivity contribution in [3.8, 4) is 0 Å². The lowest BCUT2D eigenvalue weighted by atomic mass is 10.2. The van der Waals surface area contributed by atoms with Gasteiger partial charge in [-0.25, -0.2) is 0 Å². The molecule has 27 heavy (non-hydrogen) atoms. The number of hydrogen-bond donors (Lipinski definition) is 2. The van der Waals surface area contributed by atoms with Crippen molar-refractivity contribution in [2.45, 2.75) is 6.18 Å². The molecule has 3 rings (SSSR count). The first kappa shape index (κ1) is 19.1. The highest BCUT2D eigenvalue weighted by atomic mass is 32.1. The van der Waals surface area contributed by atoms with Crippen molar-refractivity contribution in [1.82, 2.24) is 0 Å². The summed E-state index contributed by atoms with van der Waals surface area (Å²) in [5.74, 6) is -0.0642. The Bertz CT molecular complexity index is 968. The monoisotopic (exact) mass is 407 g/mol. The fraction of sp³-hybridized carbons (Fsp3) is 0.0526. The number of benzene rings is 1. The summed E-state index contributed by atoms with van der Waals surface area (Å²) in [5, 5.41) is 15.3. The van der Waals surface area contributed by atoms with Crippen molar-refractivity contribution in [3.05, 3.63) is 82.8 Å². The zero-order valence-electron chi connectivity index (χ0n) is 13.8. The van der Waals surface area contributed by atoms with E-state index in [2.05, 4.69) is 5.32 Å². The second-order valence-corrected chi connectivity index (χ2v) is 6.85. The van der Waals surface area contributed by atoms with Crippen molar-refractivity contribution >= 4 is 45.7 Å². The molecule has 1 aromatic carbocycles. The summed E-state index contributed by atoms with van der Waals surface area (Å²) in [7, 11) is 0. The standard InChI is InChI=1S/C19H13F3N2OS2/c20-19(21,22)13-6-4-7-14(12-13)23-18(26)16(24-9-2-1-3-10-24)17(25)15-8-5-11-27-15/h1-12H,(H-,23,25,26)/p+1. The highest BCUT2D eigenvalue weighted by Crippen LogP contribution is 2.31. The summed E-state index contributed by atoms with van der Waals surface area (Å²) >= 11 is 6.73. The second-order valence-electron chi connectivity index (χ2n) is 5.49. The van der Waals surface area contributed by atoms with E-state index in [1.807, 2.05) is 5.38 Å². The van der Waals surface area contributed by atoms with Gasteiger partial charge in [-0.2, -0.15) is 17.7 Å². The third kappa shape index (κ3) is 4.53. The molecule has 0 spiro atoms. The van der Waals surface area contributed by atoms with Crippen LogP contribution in [-0.4, -0.2) is 10.1 Å². The molecule has 2 aromatic heterocycles. The molecule has 0 unspecified atom stereocenters. The number of pyridine rings is 1. The highest BCUT2D eigenvalue weighted by Gasteiger charge is 2.31. The van der Waals surface area contributed by atoms with Gasteiger partial charge in [0, 0.05) is 17.8 Å². The van der Waals surface area contributed by atoms with Gasteiger partial charge in [-0.1, -0.05) is 30.4 Å². The quantitative estimate of drug-likeness (QED) is 0.264. The largest absolute Gasteiger partial charge is 0.501 e. The number of nitrogens with one attached hydrogen (secondary N) is 1. The van der Waals surface area contributed by atoms with Crippen molar-refractivity contribution < 1.29 is 22.8 Å². The van der Waals surface area contributed by atoms with E-state index in [0.29, 0.717) is 4.88 Å². The smallest absolute Gasteiger partial charge is 0.416 e. The first-order chi connectivity index (χ1) is 12.9. The molecule has 0 radical (unpaired) electrons. The Morgan fingerprint density at radius 1 is 1.04 bits per heavy atom. The number of hydrogen-bond acceptors (Lipinski definition) is 3. The van der Waals surface area contributed by atoms with E-state index in [-0.39, 0.29) is 22.1 Å². The van der Waals surface area contributed by atoms with Gasteiger partial charge in [0.25, 0.3) is 5.70 Å². The molecule has 3 nitrogen and oxygen atoms in total. The molecule has 138 valence electrons. The number of rotatable bonds is 4. The van der Waals surface area contributed by atoms with Crippen molar-refractivity contribution in [1.29, 1.82) is 0 Å². The summed E-state index contributed by atoms with van der Waals surface area (Å²) in [5.41, 5.74) is -0.330. The number of aromatic nitrogens is 1. The zero-order valence-corrected chi connectivity index (χ0v) is 15.4. The van der Waals surface area contributed by atoms with Crippen LogP contribution in [0.2, 0.25) is 0 Å². The fourth-order valence-electron chi connectivity index (χ4n) is 2.39. The molecular weight excluding hydrogens is 393 g/mol. The fourth-order valence-corrected chi connectivity index (χ4v) is 3.38. The van der Waals surface area contributed by atoms with Crippen LogP contribution in [0.1, 0.15) is 10.4 Å². The lowest BCUT2D eigenvalue weighted by molar-refractivity contribution is -0.575. The van der Waals surface area contributed by atoms with Crippen LogP contribution in [-0.2, 0) is 6.18 Å². The lowest BCUT2D eigenvalue weighted by Crippen LogP contribution is -2.38. The molecule has 0 bridgehead atoms. The van der Waals surface area contributed by atoms with E-state index in [0.717, 1.165) is 12.1 Å². The molecule has 0 aliphatic rings. The van der Waals surface area contributed by atoms with Crippen molar-refractivity contribution in [3.63, 3.8) is 0 Å². The van der Waals surface area contributed by atoms with Crippen LogP contribution < -0.4 is 9.88 Å². The topological polar surface area (TPSA) is 36.1 Å². The van der Waals surface area contributed by atoms with Crippen LogP contribution in [0.25, 0.3) is 11.5 Å². The zero-order chi connectivity index (χ0) is 19.4. The van der Waals surface area contributed by atoms with E-state index >= 15 is 0 Å². The number of halogens is 3. The Labute approximate surface area is 163 Å². The average Bonchev–Trinajstić information content (AvgIpc) is 3.17. The highest BCUT2D eigenvalue weighted by molar-refractivity contribution is 7.81. The lowest BCUT2D eigenvalue weighted by Gasteiger charge is -2.12. The maximum Gasteiger partial charge on any atom is 0.416 e. The third-order valence-electron chi connectivity index (χ3n) is 3.62. The van der Waals surface area contributed by atoms with Crippen LogP contribution in [0.4, 0.5) is 18.9 Å². The molecule has 0 aliphatic carbocycles. The SMILES string of the molecule is O/C(=C(\C(=S)Nc1cccc(C(F)(F)F)c1)[n+]1ccccc1)c1cccs1. The molecule has 0 amide bonds. The molecule has 0 saturated heterocycles. The number of anilines is 1. The van der Waals surface area contributed by atoms with E-state index in [1.165, 1.54) is 23.5 Å². The van der Waals surface area contributed by atoms with Gasteiger partial charge in [-0.15, -0.1) is 11.3 Å². The minimum absolute atomic E-state index is 0.0642. The molecule has 3 aromatic rings. The van der Waals surface area contributed by atoms with E-state index in [1.54, 1.807) is 47.3 Å². The van der Waals surface area contributed by atoms with Crippen LogP contribution in [0.5, 0.6) is 0 Å². The molecule has 0 saturated carbocycles. The summed E-state index contributed by atoms with van der Waals surface area (Å²) in [6.07, 6.45) is -1.07. The van der Waals surface area contributed by atoms with Crippen molar-refractivity contribution in [2.75, 3.05) is 5.32 Å². The Hall–Kier alpha value is -2.71. The summed E-state index contributed by atoms with van der Waals surface area (Å²) < 4.78 is 40.4. The number of aliphatic hydroxyl groups excluding tert-OH is 1. The van der Waals surface area contributed by atoms with Gasteiger partial charge in [0.05, 0.1) is 10.4 Å². The normalized spacial score (nSPS) is 12.4. The first-order valence-electron chi connectivity index (χ1n) is 7.78.